The van der Waals surface area contributed by atoms with Gasteiger partial charge in [0, 0.05) is 25.7 Å². The summed E-state index contributed by atoms with van der Waals surface area (Å²) in [4.78, 5) is 13.9. The summed E-state index contributed by atoms with van der Waals surface area (Å²) in [6.07, 6.45) is 4.65. The molecule has 128 valence electrons. The van der Waals surface area contributed by atoms with Gasteiger partial charge in [-0.05, 0) is 65.8 Å². The van der Waals surface area contributed by atoms with Gasteiger partial charge in [0.1, 0.15) is 5.60 Å². The summed E-state index contributed by atoms with van der Waals surface area (Å²) in [5.41, 5.74) is -0.411. The van der Waals surface area contributed by atoms with Crippen LogP contribution >= 0.6 is 0 Å². The third-order valence-electron chi connectivity index (χ3n) is 4.52. The smallest absolute Gasteiger partial charge is 0.410 e. The number of carbonyl (C=O) groups excluding carboxylic acids is 1. The zero-order valence-corrected chi connectivity index (χ0v) is 14.6. The molecule has 0 radical (unpaired) electrons. The Kier molecular flexibility index (Phi) is 6.09. The quantitative estimate of drug-likeness (QED) is 0.867. The van der Waals surface area contributed by atoms with Crippen molar-refractivity contribution < 1.29 is 14.3 Å². The minimum absolute atomic E-state index is 0.174. The van der Waals surface area contributed by atoms with Crippen LogP contribution in [-0.4, -0.2) is 55.0 Å². The molecule has 5 nitrogen and oxygen atoms in total. The van der Waals surface area contributed by atoms with Crippen LogP contribution in [0.15, 0.2) is 0 Å². The summed E-state index contributed by atoms with van der Waals surface area (Å²) in [6, 6.07) is 0.423. The van der Waals surface area contributed by atoms with Gasteiger partial charge in [0.25, 0.3) is 0 Å². The van der Waals surface area contributed by atoms with E-state index in [1.807, 2.05) is 25.7 Å². The average molecular weight is 312 g/mol. The lowest BCUT2D eigenvalue weighted by molar-refractivity contribution is 0.0180. The topological polar surface area (TPSA) is 50.8 Å². The molecular formula is C17H32N2O3. The first-order chi connectivity index (χ1) is 10.3. The molecule has 2 aliphatic heterocycles. The maximum atomic E-state index is 12.0. The van der Waals surface area contributed by atoms with E-state index in [1.165, 1.54) is 12.8 Å². The third kappa shape index (κ3) is 5.43. The molecule has 2 aliphatic rings. The van der Waals surface area contributed by atoms with Gasteiger partial charge in [-0.1, -0.05) is 0 Å². The van der Waals surface area contributed by atoms with E-state index in [4.69, 9.17) is 9.47 Å². The van der Waals surface area contributed by atoms with Crippen molar-refractivity contribution in [2.24, 2.45) is 5.92 Å². The highest BCUT2D eigenvalue weighted by molar-refractivity contribution is 5.68. The minimum Gasteiger partial charge on any atom is -0.444 e. The molecule has 2 unspecified atom stereocenters. The molecule has 2 saturated heterocycles. The number of rotatable bonds is 4. The average Bonchev–Trinajstić information content (AvgIpc) is 2.97. The maximum absolute atomic E-state index is 12.0. The summed E-state index contributed by atoms with van der Waals surface area (Å²) in [5.74, 6) is 0.641. The number of hydrogen-bond acceptors (Lipinski definition) is 4. The highest BCUT2D eigenvalue weighted by Gasteiger charge is 2.28. The molecule has 0 aliphatic carbocycles. The lowest BCUT2D eigenvalue weighted by Crippen LogP contribution is -2.45. The van der Waals surface area contributed by atoms with Crippen LogP contribution < -0.4 is 5.32 Å². The number of nitrogens with one attached hydrogen (secondary N) is 1. The minimum atomic E-state index is -0.411. The SMILES string of the molecule is CC(NCC1CCN(C(=O)OC(C)(C)C)CC1)C1CCCO1. The van der Waals surface area contributed by atoms with E-state index < -0.39 is 5.60 Å². The second kappa shape index (κ2) is 7.64. The van der Waals surface area contributed by atoms with Gasteiger partial charge in [-0.2, -0.15) is 0 Å². The molecule has 1 N–H and O–H groups in total. The first kappa shape index (κ1) is 17.5. The zero-order valence-electron chi connectivity index (χ0n) is 14.6. The molecule has 2 fully saturated rings. The lowest BCUT2D eigenvalue weighted by Gasteiger charge is -2.34. The first-order valence-corrected chi connectivity index (χ1v) is 8.68. The molecule has 2 heterocycles. The van der Waals surface area contributed by atoms with E-state index in [9.17, 15) is 4.79 Å². The van der Waals surface area contributed by atoms with E-state index in [0.717, 1.165) is 39.1 Å². The molecule has 5 heteroatoms. The molecule has 22 heavy (non-hydrogen) atoms. The summed E-state index contributed by atoms with van der Waals surface area (Å²) in [5, 5.41) is 3.62. The Morgan fingerprint density at radius 3 is 2.55 bits per heavy atom. The predicted molar refractivity (Wildman–Crippen MR) is 87.0 cm³/mol. The van der Waals surface area contributed by atoms with Crippen molar-refractivity contribution in [3.8, 4) is 0 Å². The molecule has 1 amide bonds. The van der Waals surface area contributed by atoms with Crippen LogP contribution in [0, 0.1) is 5.92 Å². The molecule has 0 aromatic carbocycles. The normalized spacial score (nSPS) is 25.3. The van der Waals surface area contributed by atoms with E-state index in [1.54, 1.807) is 0 Å². The maximum Gasteiger partial charge on any atom is 0.410 e. The van der Waals surface area contributed by atoms with Crippen molar-refractivity contribution in [3.05, 3.63) is 0 Å². The largest absolute Gasteiger partial charge is 0.444 e. The standard InChI is InChI=1S/C17H32N2O3/c1-13(15-6-5-11-21-15)18-12-14-7-9-19(10-8-14)16(20)22-17(2,3)4/h13-15,18H,5-12H2,1-4H3. The molecule has 2 atom stereocenters. The fraction of sp³-hybridized carbons (Fsp3) is 0.941. The van der Waals surface area contributed by atoms with Crippen LogP contribution in [0.5, 0.6) is 0 Å². The van der Waals surface area contributed by atoms with Gasteiger partial charge in [0.05, 0.1) is 6.10 Å². The third-order valence-corrected chi connectivity index (χ3v) is 4.52. The highest BCUT2D eigenvalue weighted by Crippen LogP contribution is 2.20. The van der Waals surface area contributed by atoms with Crippen LogP contribution in [0.2, 0.25) is 0 Å². The summed E-state index contributed by atoms with van der Waals surface area (Å²) < 4.78 is 11.2. The van der Waals surface area contributed by atoms with E-state index in [0.29, 0.717) is 18.1 Å². The Bertz CT molecular complexity index is 353. The molecule has 0 spiro atoms. The van der Waals surface area contributed by atoms with Gasteiger partial charge in [-0.25, -0.2) is 4.79 Å². The van der Waals surface area contributed by atoms with Gasteiger partial charge in [-0.15, -0.1) is 0 Å². The van der Waals surface area contributed by atoms with E-state index >= 15 is 0 Å². The zero-order chi connectivity index (χ0) is 16.2. The van der Waals surface area contributed by atoms with Gasteiger partial charge >= 0.3 is 6.09 Å². The fourth-order valence-corrected chi connectivity index (χ4v) is 3.13. The number of nitrogens with zero attached hydrogens (tertiary/aromatic N) is 1. The molecule has 0 aromatic heterocycles. The van der Waals surface area contributed by atoms with Crippen LogP contribution in [0.1, 0.15) is 53.4 Å². The number of hydrogen-bond donors (Lipinski definition) is 1. The fourth-order valence-electron chi connectivity index (χ4n) is 3.13. The summed E-state index contributed by atoms with van der Waals surface area (Å²) >= 11 is 0. The van der Waals surface area contributed by atoms with Gasteiger partial charge in [-0.3, -0.25) is 0 Å². The Morgan fingerprint density at radius 2 is 2.00 bits per heavy atom. The molecule has 2 rings (SSSR count). The van der Waals surface area contributed by atoms with Crippen molar-refractivity contribution in [2.45, 2.75) is 71.1 Å². The van der Waals surface area contributed by atoms with Crippen LogP contribution in [0.3, 0.4) is 0 Å². The summed E-state index contributed by atoms with van der Waals surface area (Å²) in [6.45, 7) is 11.5. The number of amides is 1. The highest BCUT2D eigenvalue weighted by atomic mass is 16.6. The van der Waals surface area contributed by atoms with Crippen molar-refractivity contribution in [1.29, 1.82) is 0 Å². The van der Waals surface area contributed by atoms with Crippen molar-refractivity contribution >= 4 is 6.09 Å². The second-order valence-corrected chi connectivity index (χ2v) is 7.66. The van der Waals surface area contributed by atoms with Gasteiger partial charge in [0.2, 0.25) is 0 Å². The number of likely N-dealkylation sites (tertiary alicyclic amines) is 1. The monoisotopic (exact) mass is 312 g/mol. The molecular weight excluding hydrogens is 280 g/mol. The molecule has 0 saturated carbocycles. The Morgan fingerprint density at radius 1 is 1.32 bits per heavy atom. The Labute approximate surface area is 134 Å². The Hall–Kier alpha value is -0.810. The van der Waals surface area contributed by atoms with Crippen LogP contribution in [0.25, 0.3) is 0 Å². The van der Waals surface area contributed by atoms with Crippen molar-refractivity contribution in [3.63, 3.8) is 0 Å². The van der Waals surface area contributed by atoms with Crippen LogP contribution in [-0.2, 0) is 9.47 Å². The first-order valence-electron chi connectivity index (χ1n) is 8.68. The van der Waals surface area contributed by atoms with Gasteiger partial charge < -0.3 is 19.7 Å². The second-order valence-electron chi connectivity index (χ2n) is 7.66. The molecule has 0 bridgehead atoms. The van der Waals surface area contributed by atoms with Crippen LogP contribution in [0.4, 0.5) is 4.79 Å². The summed E-state index contributed by atoms with van der Waals surface area (Å²) in [7, 11) is 0. The number of ether oxygens (including phenoxy) is 2. The van der Waals surface area contributed by atoms with Gasteiger partial charge in [0.15, 0.2) is 0 Å². The lowest BCUT2D eigenvalue weighted by atomic mass is 9.96. The Balaban J connectivity index is 1.65. The van der Waals surface area contributed by atoms with E-state index in [2.05, 4.69) is 12.2 Å². The van der Waals surface area contributed by atoms with Crippen molar-refractivity contribution in [1.82, 2.24) is 10.2 Å². The number of piperidine rings is 1. The number of carbonyl (C=O) groups is 1. The predicted octanol–water partition coefficient (Wildman–Crippen LogP) is 2.79. The molecule has 0 aromatic rings. The van der Waals surface area contributed by atoms with E-state index in [-0.39, 0.29) is 6.09 Å². The van der Waals surface area contributed by atoms with Crippen molar-refractivity contribution in [2.75, 3.05) is 26.2 Å².